The van der Waals surface area contributed by atoms with Crippen molar-refractivity contribution >= 4 is 23.3 Å². The average Bonchev–Trinajstić information content (AvgIpc) is 2.72. The van der Waals surface area contributed by atoms with Crippen LogP contribution in [-0.2, 0) is 4.79 Å². The van der Waals surface area contributed by atoms with Gasteiger partial charge in [-0.15, -0.1) is 0 Å². The third kappa shape index (κ3) is 6.12. The first-order chi connectivity index (χ1) is 14.8. The highest BCUT2D eigenvalue weighted by molar-refractivity contribution is 6.11. The van der Waals surface area contributed by atoms with Gasteiger partial charge in [-0.3, -0.25) is 9.69 Å². The van der Waals surface area contributed by atoms with E-state index in [2.05, 4.69) is 20.5 Å². The third-order valence-electron chi connectivity index (χ3n) is 5.51. The number of carbonyl (C=O) groups is 2. The van der Waals surface area contributed by atoms with Gasteiger partial charge in [-0.1, -0.05) is 20.8 Å². The maximum atomic E-state index is 13.8. The molecule has 0 aliphatic carbocycles. The van der Waals surface area contributed by atoms with Gasteiger partial charge < -0.3 is 16.4 Å². The van der Waals surface area contributed by atoms with Crippen molar-refractivity contribution in [3.63, 3.8) is 0 Å². The van der Waals surface area contributed by atoms with Crippen molar-refractivity contribution < 1.29 is 18.4 Å². The van der Waals surface area contributed by atoms with Crippen LogP contribution in [0, 0.1) is 17.0 Å². The molecule has 1 aliphatic heterocycles. The quantitative estimate of drug-likeness (QED) is 0.658. The number of amides is 3. The van der Waals surface area contributed by atoms with Gasteiger partial charge in [0.1, 0.15) is 6.04 Å². The number of urea groups is 1. The van der Waals surface area contributed by atoms with Gasteiger partial charge in [0.05, 0.1) is 5.71 Å². The number of likely N-dealkylation sites (tertiary alicyclic amines) is 1. The number of benzene rings is 1. The SMILES string of the molecule is CNC(=O)C(NC(=O)N=C1CCN(C(C)C)CC1=C(N)c1ccc(F)c(F)c1)C(C)(C)C. The summed E-state index contributed by atoms with van der Waals surface area (Å²) in [5.41, 5.74) is 7.41. The van der Waals surface area contributed by atoms with Gasteiger partial charge in [-0.2, -0.15) is 4.99 Å². The zero-order valence-electron chi connectivity index (χ0n) is 19.6. The van der Waals surface area contributed by atoms with Crippen LogP contribution in [0.5, 0.6) is 0 Å². The number of hydrogen-bond donors (Lipinski definition) is 3. The third-order valence-corrected chi connectivity index (χ3v) is 5.51. The van der Waals surface area contributed by atoms with Crippen LogP contribution in [-0.4, -0.2) is 54.8 Å². The Hall–Kier alpha value is -2.81. The highest BCUT2D eigenvalue weighted by Gasteiger charge is 2.33. The lowest BCUT2D eigenvalue weighted by Crippen LogP contribution is -2.52. The van der Waals surface area contributed by atoms with Gasteiger partial charge in [0.2, 0.25) is 5.91 Å². The van der Waals surface area contributed by atoms with Crippen molar-refractivity contribution in [2.45, 2.75) is 53.1 Å². The minimum absolute atomic E-state index is 0.219. The average molecular weight is 450 g/mol. The molecular formula is C23H33F2N5O2. The first-order valence-corrected chi connectivity index (χ1v) is 10.6. The summed E-state index contributed by atoms with van der Waals surface area (Å²) < 4.78 is 27.2. The second-order valence-corrected chi connectivity index (χ2v) is 9.26. The molecule has 1 atom stereocenters. The Morgan fingerprint density at radius 3 is 2.38 bits per heavy atom. The number of nitrogens with one attached hydrogen (secondary N) is 2. The van der Waals surface area contributed by atoms with E-state index >= 15 is 0 Å². The molecule has 1 unspecified atom stereocenters. The lowest BCUT2D eigenvalue weighted by atomic mass is 9.86. The topological polar surface area (TPSA) is 99.8 Å². The summed E-state index contributed by atoms with van der Waals surface area (Å²) in [6, 6.07) is 2.23. The molecule has 4 N–H and O–H groups in total. The Labute approximate surface area is 188 Å². The van der Waals surface area contributed by atoms with E-state index in [4.69, 9.17) is 5.73 Å². The molecular weight excluding hydrogens is 416 g/mol. The van der Waals surface area contributed by atoms with Crippen molar-refractivity contribution in [1.82, 2.24) is 15.5 Å². The zero-order valence-corrected chi connectivity index (χ0v) is 19.6. The predicted octanol–water partition coefficient (Wildman–Crippen LogP) is 3.06. The molecule has 9 heteroatoms. The summed E-state index contributed by atoms with van der Waals surface area (Å²) in [4.78, 5) is 31.4. The van der Waals surface area contributed by atoms with Gasteiger partial charge in [-0.25, -0.2) is 13.6 Å². The normalized spacial score (nSPS) is 19.1. The van der Waals surface area contributed by atoms with Gasteiger partial charge in [0.25, 0.3) is 0 Å². The van der Waals surface area contributed by atoms with Crippen molar-refractivity contribution in [3.8, 4) is 0 Å². The van der Waals surface area contributed by atoms with E-state index < -0.39 is 29.1 Å². The first kappa shape index (κ1) is 25.5. The van der Waals surface area contributed by atoms with Crippen LogP contribution in [0.3, 0.4) is 0 Å². The molecule has 3 amide bonds. The molecule has 176 valence electrons. The molecule has 7 nitrogen and oxygen atoms in total. The van der Waals surface area contributed by atoms with E-state index in [1.165, 1.54) is 13.1 Å². The molecule has 32 heavy (non-hydrogen) atoms. The van der Waals surface area contributed by atoms with Crippen LogP contribution in [0.25, 0.3) is 5.70 Å². The molecule has 1 heterocycles. The van der Waals surface area contributed by atoms with E-state index in [-0.39, 0.29) is 17.6 Å². The van der Waals surface area contributed by atoms with Gasteiger partial charge >= 0.3 is 6.03 Å². The Morgan fingerprint density at radius 2 is 1.84 bits per heavy atom. The summed E-state index contributed by atoms with van der Waals surface area (Å²) in [5.74, 6) is -2.29. The van der Waals surface area contributed by atoms with E-state index in [1.807, 2.05) is 34.6 Å². The molecule has 0 bridgehead atoms. The number of nitrogens with zero attached hydrogens (tertiary/aromatic N) is 2. The molecule has 0 radical (unpaired) electrons. The van der Waals surface area contributed by atoms with Crippen LogP contribution in [0.15, 0.2) is 28.8 Å². The van der Waals surface area contributed by atoms with Crippen LogP contribution in [0.2, 0.25) is 0 Å². The molecule has 1 aliphatic rings. The highest BCUT2D eigenvalue weighted by Crippen LogP contribution is 2.24. The highest BCUT2D eigenvalue weighted by atomic mass is 19.2. The number of hydrogen-bond acceptors (Lipinski definition) is 4. The summed E-state index contributed by atoms with van der Waals surface area (Å²) in [6.45, 7) is 10.7. The summed E-state index contributed by atoms with van der Waals surface area (Å²) in [6.07, 6.45) is 0.450. The molecule has 1 fully saturated rings. The van der Waals surface area contributed by atoms with Crippen molar-refractivity contribution in [1.29, 1.82) is 0 Å². The maximum Gasteiger partial charge on any atom is 0.341 e. The van der Waals surface area contributed by atoms with Crippen LogP contribution >= 0.6 is 0 Å². The maximum absolute atomic E-state index is 13.8. The minimum Gasteiger partial charge on any atom is -0.398 e. The van der Waals surface area contributed by atoms with E-state index in [9.17, 15) is 18.4 Å². The molecule has 2 rings (SSSR count). The van der Waals surface area contributed by atoms with Crippen LogP contribution < -0.4 is 16.4 Å². The first-order valence-electron chi connectivity index (χ1n) is 10.6. The fourth-order valence-corrected chi connectivity index (χ4v) is 3.51. The van der Waals surface area contributed by atoms with E-state index in [0.29, 0.717) is 36.4 Å². The monoisotopic (exact) mass is 449 g/mol. The molecule has 1 aromatic rings. The standard InChI is InChI=1S/C23H33F2N5O2/c1-13(2)30-10-9-18(28-22(32)29-20(21(31)27-6)23(3,4)5)15(12-30)19(26)14-7-8-16(24)17(25)11-14/h7-8,11,13,20H,9-10,12,26H2,1-6H3,(H,27,31)(H,29,32). The summed E-state index contributed by atoms with van der Waals surface area (Å²) >= 11 is 0. The van der Waals surface area contributed by atoms with Crippen LogP contribution in [0.4, 0.5) is 13.6 Å². The van der Waals surface area contributed by atoms with Crippen molar-refractivity contribution in [2.24, 2.45) is 16.1 Å². The largest absolute Gasteiger partial charge is 0.398 e. The summed E-state index contributed by atoms with van der Waals surface area (Å²) in [7, 11) is 1.50. The molecule has 1 saturated heterocycles. The number of aliphatic imine (C=N–C) groups is 1. The number of rotatable bonds is 4. The molecule has 1 aromatic carbocycles. The number of piperidine rings is 1. The van der Waals surface area contributed by atoms with E-state index in [1.54, 1.807) is 0 Å². The molecule has 0 saturated carbocycles. The minimum atomic E-state index is -1.00. The predicted molar refractivity (Wildman–Crippen MR) is 122 cm³/mol. The fourth-order valence-electron chi connectivity index (χ4n) is 3.51. The van der Waals surface area contributed by atoms with Crippen molar-refractivity contribution in [3.05, 3.63) is 41.0 Å². The second-order valence-electron chi connectivity index (χ2n) is 9.26. The molecule has 0 spiro atoms. The fraction of sp³-hybridized carbons (Fsp3) is 0.522. The number of halogens is 2. The van der Waals surface area contributed by atoms with Gasteiger partial charge in [0, 0.05) is 49.4 Å². The summed E-state index contributed by atoms with van der Waals surface area (Å²) in [5, 5.41) is 5.23. The Balaban J connectivity index is 2.44. The van der Waals surface area contributed by atoms with Gasteiger partial charge in [0.15, 0.2) is 11.6 Å². The molecule has 0 aromatic heterocycles. The smallest absolute Gasteiger partial charge is 0.341 e. The lowest BCUT2D eigenvalue weighted by Gasteiger charge is -2.34. The Bertz CT molecular complexity index is 935. The van der Waals surface area contributed by atoms with Gasteiger partial charge in [-0.05, 0) is 37.5 Å². The Kier molecular flexibility index (Phi) is 8.12. The number of nitrogens with two attached hydrogens (primary N) is 1. The van der Waals surface area contributed by atoms with Crippen molar-refractivity contribution in [2.75, 3.05) is 20.1 Å². The lowest BCUT2D eigenvalue weighted by molar-refractivity contribution is -0.124. The number of carbonyl (C=O) groups excluding carboxylic acids is 2. The van der Waals surface area contributed by atoms with Crippen LogP contribution in [0.1, 0.15) is 46.6 Å². The number of likely N-dealkylation sites (N-methyl/N-ethyl adjacent to an activating group) is 1. The zero-order chi connectivity index (χ0) is 24.2. The van der Waals surface area contributed by atoms with E-state index in [0.717, 1.165) is 12.1 Å². The Morgan fingerprint density at radius 1 is 1.19 bits per heavy atom. The second kappa shape index (κ2) is 10.2.